The number of nitrogens with one attached hydrogen (secondary N) is 1. The second kappa shape index (κ2) is 9.55. The average Bonchev–Trinajstić information content (AvgIpc) is 2.54. The second-order valence-electron chi connectivity index (χ2n) is 5.07. The van der Waals surface area contributed by atoms with E-state index in [4.69, 9.17) is 0 Å². The molecule has 7 nitrogen and oxygen atoms in total. The van der Waals surface area contributed by atoms with Gasteiger partial charge in [-0.2, -0.15) is 5.10 Å². The fraction of sp³-hybridized carbons (Fsp3) is 0.500. The number of unbranched alkanes of at least 4 members (excludes halogenated alkanes) is 1. The van der Waals surface area contributed by atoms with E-state index < -0.39 is 4.92 Å². The first-order valence-corrected chi connectivity index (χ1v) is 7.88. The SMILES string of the molecule is CCCCC(=O)N/N=C/c1cc([N+](=O)[O-])ccc1N(CC)CC. The summed E-state index contributed by atoms with van der Waals surface area (Å²) in [4.78, 5) is 24.1. The van der Waals surface area contributed by atoms with Gasteiger partial charge in [-0.1, -0.05) is 13.3 Å². The maximum Gasteiger partial charge on any atom is 0.270 e. The van der Waals surface area contributed by atoms with Crippen molar-refractivity contribution in [1.82, 2.24) is 5.43 Å². The summed E-state index contributed by atoms with van der Waals surface area (Å²) in [5.41, 5.74) is 3.92. The number of nitro groups is 1. The quantitative estimate of drug-likeness (QED) is 0.430. The van der Waals surface area contributed by atoms with Gasteiger partial charge in [0.15, 0.2) is 0 Å². The molecule has 0 spiro atoms. The van der Waals surface area contributed by atoms with Crippen LogP contribution in [0.4, 0.5) is 11.4 Å². The number of hydrogen-bond donors (Lipinski definition) is 1. The molecule has 0 unspecified atom stereocenters. The van der Waals surface area contributed by atoms with E-state index in [9.17, 15) is 14.9 Å². The van der Waals surface area contributed by atoms with Gasteiger partial charge in [0.25, 0.3) is 5.69 Å². The largest absolute Gasteiger partial charge is 0.372 e. The van der Waals surface area contributed by atoms with Gasteiger partial charge in [-0.25, -0.2) is 5.43 Å². The minimum Gasteiger partial charge on any atom is -0.372 e. The maximum atomic E-state index is 11.6. The van der Waals surface area contributed by atoms with E-state index in [0.29, 0.717) is 12.0 Å². The minimum atomic E-state index is -0.441. The van der Waals surface area contributed by atoms with E-state index in [1.807, 2.05) is 20.8 Å². The molecule has 0 aliphatic heterocycles. The number of nitrogens with zero attached hydrogens (tertiary/aromatic N) is 3. The van der Waals surface area contributed by atoms with Gasteiger partial charge >= 0.3 is 0 Å². The summed E-state index contributed by atoms with van der Waals surface area (Å²) in [5.74, 6) is -0.155. The zero-order valence-electron chi connectivity index (χ0n) is 13.9. The molecule has 0 aliphatic rings. The molecule has 0 heterocycles. The van der Waals surface area contributed by atoms with Crippen LogP contribution in [-0.2, 0) is 4.79 Å². The Morgan fingerprint density at radius 2 is 2.04 bits per heavy atom. The molecular weight excluding hydrogens is 296 g/mol. The molecule has 0 saturated heterocycles. The number of carbonyl (C=O) groups excluding carboxylic acids is 1. The lowest BCUT2D eigenvalue weighted by molar-refractivity contribution is -0.384. The van der Waals surface area contributed by atoms with E-state index in [0.717, 1.165) is 31.6 Å². The van der Waals surface area contributed by atoms with Crippen LogP contribution in [0.2, 0.25) is 0 Å². The monoisotopic (exact) mass is 320 g/mol. The van der Waals surface area contributed by atoms with Crippen molar-refractivity contribution in [3.05, 3.63) is 33.9 Å². The number of hydrazone groups is 1. The highest BCUT2D eigenvalue weighted by atomic mass is 16.6. The van der Waals surface area contributed by atoms with Crippen LogP contribution >= 0.6 is 0 Å². The summed E-state index contributed by atoms with van der Waals surface area (Å²) in [6, 6.07) is 4.66. The smallest absolute Gasteiger partial charge is 0.270 e. The third kappa shape index (κ3) is 5.69. The molecule has 1 aromatic rings. The van der Waals surface area contributed by atoms with Crippen molar-refractivity contribution in [1.29, 1.82) is 0 Å². The highest BCUT2D eigenvalue weighted by Crippen LogP contribution is 2.24. The van der Waals surface area contributed by atoms with Gasteiger partial charge in [0.1, 0.15) is 0 Å². The highest BCUT2D eigenvalue weighted by Gasteiger charge is 2.13. The van der Waals surface area contributed by atoms with E-state index in [2.05, 4.69) is 15.4 Å². The summed E-state index contributed by atoms with van der Waals surface area (Å²) < 4.78 is 0. The maximum absolute atomic E-state index is 11.6. The van der Waals surface area contributed by atoms with Crippen molar-refractivity contribution >= 4 is 23.5 Å². The standard InChI is InChI=1S/C16H24N4O3/c1-4-7-8-16(21)18-17-12-13-11-14(20(22)23)9-10-15(13)19(5-2)6-3/h9-12H,4-8H2,1-3H3,(H,18,21)/b17-12+. The summed E-state index contributed by atoms with van der Waals surface area (Å²) in [6.45, 7) is 7.59. The van der Waals surface area contributed by atoms with Crippen LogP contribution in [-0.4, -0.2) is 30.1 Å². The van der Waals surface area contributed by atoms with Crippen LogP contribution in [0.1, 0.15) is 45.6 Å². The van der Waals surface area contributed by atoms with E-state index >= 15 is 0 Å². The molecule has 0 atom stereocenters. The van der Waals surface area contributed by atoms with E-state index in [-0.39, 0.29) is 11.6 Å². The van der Waals surface area contributed by atoms with Gasteiger partial charge < -0.3 is 4.90 Å². The Bertz CT molecular complexity index is 568. The molecule has 0 bridgehead atoms. The lowest BCUT2D eigenvalue weighted by Gasteiger charge is -2.22. The molecule has 1 aromatic carbocycles. The molecular formula is C16H24N4O3. The van der Waals surface area contributed by atoms with Crippen LogP contribution in [0.15, 0.2) is 23.3 Å². The number of non-ortho nitro benzene ring substituents is 1. The van der Waals surface area contributed by atoms with Crippen molar-refractivity contribution < 1.29 is 9.72 Å². The molecule has 0 saturated carbocycles. The number of anilines is 1. The number of amides is 1. The Hall–Kier alpha value is -2.44. The third-order valence-electron chi connectivity index (χ3n) is 3.48. The molecule has 0 aromatic heterocycles. The number of rotatable bonds is 9. The molecule has 0 fully saturated rings. The van der Waals surface area contributed by atoms with Gasteiger partial charge in [-0.05, 0) is 26.3 Å². The number of carbonyl (C=O) groups is 1. The van der Waals surface area contributed by atoms with Crippen molar-refractivity contribution in [3.8, 4) is 0 Å². The lowest BCUT2D eigenvalue weighted by Crippen LogP contribution is -2.23. The third-order valence-corrected chi connectivity index (χ3v) is 3.48. The molecule has 126 valence electrons. The molecule has 7 heteroatoms. The average molecular weight is 320 g/mol. The molecule has 1 amide bonds. The first-order valence-electron chi connectivity index (χ1n) is 7.88. The number of nitro benzene ring substituents is 1. The van der Waals surface area contributed by atoms with Crippen molar-refractivity contribution in [2.24, 2.45) is 5.10 Å². The summed E-state index contributed by atoms with van der Waals surface area (Å²) >= 11 is 0. The zero-order valence-corrected chi connectivity index (χ0v) is 13.9. The van der Waals surface area contributed by atoms with Crippen molar-refractivity contribution in [3.63, 3.8) is 0 Å². The van der Waals surface area contributed by atoms with Crippen molar-refractivity contribution in [2.45, 2.75) is 40.0 Å². The number of benzene rings is 1. The Morgan fingerprint density at radius 3 is 2.61 bits per heavy atom. The van der Waals surface area contributed by atoms with Gasteiger partial charge in [0.05, 0.1) is 11.1 Å². The van der Waals surface area contributed by atoms with Gasteiger partial charge in [0.2, 0.25) is 5.91 Å². The Morgan fingerprint density at radius 1 is 1.35 bits per heavy atom. The summed E-state index contributed by atoms with van der Waals surface area (Å²) in [6.07, 6.45) is 3.63. The fourth-order valence-electron chi connectivity index (χ4n) is 2.18. The number of hydrogen-bond acceptors (Lipinski definition) is 5. The lowest BCUT2D eigenvalue weighted by atomic mass is 10.1. The zero-order chi connectivity index (χ0) is 17.2. The second-order valence-corrected chi connectivity index (χ2v) is 5.07. The van der Waals surface area contributed by atoms with Gasteiger partial charge in [-0.15, -0.1) is 0 Å². The highest BCUT2D eigenvalue weighted by molar-refractivity contribution is 5.90. The Labute approximate surface area is 136 Å². The van der Waals surface area contributed by atoms with Gasteiger partial charge in [-0.3, -0.25) is 14.9 Å². The predicted molar refractivity (Wildman–Crippen MR) is 91.9 cm³/mol. The Kier molecular flexibility index (Phi) is 7.73. The van der Waals surface area contributed by atoms with Crippen LogP contribution in [0.3, 0.4) is 0 Å². The summed E-state index contributed by atoms with van der Waals surface area (Å²) in [7, 11) is 0. The van der Waals surface area contributed by atoms with E-state index in [1.54, 1.807) is 6.07 Å². The molecule has 0 aliphatic carbocycles. The fourth-order valence-corrected chi connectivity index (χ4v) is 2.18. The van der Waals surface area contributed by atoms with Crippen LogP contribution in [0, 0.1) is 10.1 Å². The normalized spacial score (nSPS) is 10.7. The first kappa shape index (κ1) is 18.6. The molecule has 1 N–H and O–H groups in total. The topological polar surface area (TPSA) is 87.8 Å². The predicted octanol–water partition coefficient (Wildman–Crippen LogP) is 3.08. The molecule has 0 radical (unpaired) electrons. The van der Waals surface area contributed by atoms with Crippen LogP contribution in [0.5, 0.6) is 0 Å². The molecule has 1 rings (SSSR count). The molecule has 23 heavy (non-hydrogen) atoms. The van der Waals surface area contributed by atoms with E-state index in [1.165, 1.54) is 18.3 Å². The summed E-state index contributed by atoms with van der Waals surface area (Å²) in [5, 5.41) is 14.9. The van der Waals surface area contributed by atoms with Gasteiger partial charge in [0, 0.05) is 42.9 Å². The van der Waals surface area contributed by atoms with Crippen molar-refractivity contribution in [2.75, 3.05) is 18.0 Å². The minimum absolute atomic E-state index is 0.000310. The van der Waals surface area contributed by atoms with Crippen LogP contribution < -0.4 is 10.3 Å². The first-order chi connectivity index (χ1) is 11.0. The van der Waals surface area contributed by atoms with Crippen LogP contribution in [0.25, 0.3) is 0 Å². The Balaban J connectivity index is 2.98.